The molecule has 14 heavy (non-hydrogen) atoms. The minimum atomic E-state index is -0.701. The summed E-state index contributed by atoms with van der Waals surface area (Å²) in [6.45, 7) is 5.23. The van der Waals surface area contributed by atoms with Gasteiger partial charge in [-0.3, -0.25) is 4.79 Å². The fourth-order valence-electron chi connectivity index (χ4n) is 2.55. The number of carboxylic acids is 1. The van der Waals surface area contributed by atoms with Gasteiger partial charge in [0.25, 0.3) is 0 Å². The van der Waals surface area contributed by atoms with Gasteiger partial charge in [-0.2, -0.15) is 0 Å². The van der Waals surface area contributed by atoms with Crippen LogP contribution >= 0.6 is 0 Å². The lowest BCUT2D eigenvalue weighted by Crippen LogP contribution is -2.40. The molecule has 1 aliphatic rings. The van der Waals surface area contributed by atoms with Crippen molar-refractivity contribution in [1.29, 1.82) is 0 Å². The predicted molar refractivity (Wildman–Crippen MR) is 56.3 cm³/mol. The van der Waals surface area contributed by atoms with Crippen LogP contribution in [-0.2, 0) is 4.79 Å². The molecule has 0 spiro atoms. The Balaban J connectivity index is 2.43. The smallest absolute Gasteiger partial charge is 0.304 e. The lowest BCUT2D eigenvalue weighted by Gasteiger charge is -2.34. The molecule has 0 amide bonds. The molecule has 0 heterocycles. The Morgan fingerprint density at radius 3 is 2.64 bits per heavy atom. The standard InChI is InChI=1S/C11H21NO2/c1-11(2)7-4-5-9(11)12(3)8-6-10(13)14/h9H,4-8H2,1-3H3,(H,13,14). The van der Waals surface area contributed by atoms with Gasteiger partial charge in [0.15, 0.2) is 0 Å². The number of carbonyl (C=O) groups is 1. The van der Waals surface area contributed by atoms with Crippen LogP contribution in [0.25, 0.3) is 0 Å². The fourth-order valence-corrected chi connectivity index (χ4v) is 2.55. The summed E-state index contributed by atoms with van der Waals surface area (Å²) in [5, 5.41) is 8.61. The normalized spacial score (nSPS) is 25.6. The maximum atomic E-state index is 10.5. The first-order valence-corrected chi connectivity index (χ1v) is 5.35. The van der Waals surface area contributed by atoms with Crippen LogP contribution in [0.2, 0.25) is 0 Å². The Morgan fingerprint density at radius 2 is 2.21 bits per heavy atom. The monoisotopic (exact) mass is 199 g/mol. The zero-order valence-electron chi connectivity index (χ0n) is 9.42. The summed E-state index contributed by atoms with van der Waals surface area (Å²) in [6.07, 6.45) is 4.00. The Hall–Kier alpha value is -0.570. The van der Waals surface area contributed by atoms with Crippen LogP contribution in [0.4, 0.5) is 0 Å². The van der Waals surface area contributed by atoms with Crippen molar-refractivity contribution < 1.29 is 9.90 Å². The van der Waals surface area contributed by atoms with E-state index in [0.717, 1.165) is 0 Å². The summed E-state index contributed by atoms with van der Waals surface area (Å²) in [5.74, 6) is -0.701. The molecule has 1 aliphatic carbocycles. The van der Waals surface area contributed by atoms with E-state index >= 15 is 0 Å². The van der Waals surface area contributed by atoms with Gasteiger partial charge in [0.2, 0.25) is 0 Å². The third kappa shape index (κ3) is 2.71. The maximum absolute atomic E-state index is 10.5. The van der Waals surface area contributed by atoms with Crippen LogP contribution in [0.15, 0.2) is 0 Å². The molecule has 1 atom stereocenters. The Morgan fingerprint density at radius 1 is 1.57 bits per heavy atom. The van der Waals surface area contributed by atoms with Gasteiger partial charge in [0, 0.05) is 12.6 Å². The van der Waals surface area contributed by atoms with E-state index in [-0.39, 0.29) is 6.42 Å². The zero-order chi connectivity index (χ0) is 10.8. The molecule has 1 saturated carbocycles. The fraction of sp³-hybridized carbons (Fsp3) is 0.909. The van der Waals surface area contributed by atoms with E-state index < -0.39 is 5.97 Å². The van der Waals surface area contributed by atoms with E-state index in [1.807, 2.05) is 7.05 Å². The molecule has 0 aliphatic heterocycles. The molecular formula is C11H21NO2. The van der Waals surface area contributed by atoms with Crippen LogP contribution in [0.3, 0.4) is 0 Å². The van der Waals surface area contributed by atoms with Crippen molar-refractivity contribution in [2.75, 3.05) is 13.6 Å². The summed E-state index contributed by atoms with van der Waals surface area (Å²) >= 11 is 0. The highest BCUT2D eigenvalue weighted by Crippen LogP contribution is 2.39. The average Bonchev–Trinajstić information content (AvgIpc) is 2.41. The molecule has 0 aromatic carbocycles. The molecule has 3 heteroatoms. The van der Waals surface area contributed by atoms with E-state index in [1.165, 1.54) is 19.3 Å². The maximum Gasteiger partial charge on any atom is 0.304 e. The van der Waals surface area contributed by atoms with E-state index in [1.54, 1.807) is 0 Å². The molecule has 0 saturated heterocycles. The lowest BCUT2D eigenvalue weighted by atomic mass is 9.86. The molecule has 1 N–H and O–H groups in total. The van der Waals surface area contributed by atoms with E-state index in [0.29, 0.717) is 18.0 Å². The molecule has 0 radical (unpaired) electrons. The van der Waals surface area contributed by atoms with Gasteiger partial charge in [-0.25, -0.2) is 0 Å². The highest BCUT2D eigenvalue weighted by molar-refractivity contribution is 5.66. The molecule has 1 fully saturated rings. The Kier molecular flexibility index (Phi) is 3.53. The summed E-state index contributed by atoms with van der Waals surface area (Å²) in [4.78, 5) is 12.7. The highest BCUT2D eigenvalue weighted by Gasteiger charge is 2.36. The summed E-state index contributed by atoms with van der Waals surface area (Å²) in [6, 6.07) is 0.557. The quantitative estimate of drug-likeness (QED) is 0.752. The first kappa shape index (κ1) is 11.5. The summed E-state index contributed by atoms with van der Waals surface area (Å²) in [7, 11) is 2.04. The average molecular weight is 199 g/mol. The van der Waals surface area contributed by atoms with Gasteiger partial charge in [-0.1, -0.05) is 20.3 Å². The first-order valence-electron chi connectivity index (χ1n) is 5.35. The van der Waals surface area contributed by atoms with E-state index in [4.69, 9.17) is 5.11 Å². The zero-order valence-corrected chi connectivity index (χ0v) is 9.42. The largest absolute Gasteiger partial charge is 0.481 e. The SMILES string of the molecule is CN(CCC(=O)O)C1CCCC1(C)C. The number of rotatable bonds is 4. The second-order valence-electron chi connectivity index (χ2n) is 5.02. The molecule has 0 aromatic heterocycles. The van der Waals surface area contributed by atoms with Crippen LogP contribution in [0.5, 0.6) is 0 Å². The topological polar surface area (TPSA) is 40.5 Å². The van der Waals surface area contributed by atoms with Gasteiger partial charge >= 0.3 is 5.97 Å². The first-order chi connectivity index (χ1) is 6.43. The number of hydrogen-bond donors (Lipinski definition) is 1. The van der Waals surface area contributed by atoms with Gasteiger partial charge in [0.05, 0.1) is 6.42 Å². The minimum absolute atomic E-state index is 0.253. The van der Waals surface area contributed by atoms with Crippen molar-refractivity contribution in [3.05, 3.63) is 0 Å². The van der Waals surface area contributed by atoms with Crippen molar-refractivity contribution in [3.8, 4) is 0 Å². The van der Waals surface area contributed by atoms with Gasteiger partial charge in [0.1, 0.15) is 0 Å². The number of carboxylic acid groups (broad SMARTS) is 1. The molecular weight excluding hydrogens is 178 g/mol. The van der Waals surface area contributed by atoms with Crippen molar-refractivity contribution in [2.24, 2.45) is 5.41 Å². The number of aliphatic carboxylic acids is 1. The molecule has 0 bridgehead atoms. The van der Waals surface area contributed by atoms with Crippen molar-refractivity contribution in [1.82, 2.24) is 4.90 Å². The minimum Gasteiger partial charge on any atom is -0.481 e. The third-order valence-electron chi connectivity index (χ3n) is 3.41. The van der Waals surface area contributed by atoms with Crippen LogP contribution in [0.1, 0.15) is 39.5 Å². The molecule has 1 rings (SSSR count). The molecule has 3 nitrogen and oxygen atoms in total. The number of hydrogen-bond acceptors (Lipinski definition) is 2. The van der Waals surface area contributed by atoms with Crippen LogP contribution < -0.4 is 0 Å². The second-order valence-corrected chi connectivity index (χ2v) is 5.02. The summed E-state index contributed by atoms with van der Waals surface area (Å²) < 4.78 is 0. The van der Waals surface area contributed by atoms with Gasteiger partial charge in [-0.15, -0.1) is 0 Å². The predicted octanol–water partition coefficient (Wildman–Crippen LogP) is 1.97. The van der Waals surface area contributed by atoms with Crippen LogP contribution in [-0.4, -0.2) is 35.6 Å². The Labute approximate surface area is 86.1 Å². The van der Waals surface area contributed by atoms with E-state index in [9.17, 15) is 4.79 Å². The van der Waals surface area contributed by atoms with Gasteiger partial charge < -0.3 is 10.0 Å². The molecule has 82 valence electrons. The van der Waals surface area contributed by atoms with E-state index in [2.05, 4.69) is 18.7 Å². The third-order valence-corrected chi connectivity index (χ3v) is 3.41. The van der Waals surface area contributed by atoms with Crippen molar-refractivity contribution in [3.63, 3.8) is 0 Å². The molecule has 1 unspecified atom stereocenters. The molecule has 0 aromatic rings. The van der Waals surface area contributed by atoms with Crippen molar-refractivity contribution in [2.45, 2.75) is 45.6 Å². The summed E-state index contributed by atoms with van der Waals surface area (Å²) in [5.41, 5.74) is 0.354. The lowest BCUT2D eigenvalue weighted by molar-refractivity contribution is -0.137. The Bertz CT molecular complexity index is 213. The van der Waals surface area contributed by atoms with Crippen LogP contribution in [0, 0.1) is 5.41 Å². The second kappa shape index (κ2) is 4.30. The highest BCUT2D eigenvalue weighted by atomic mass is 16.4. The number of nitrogens with zero attached hydrogens (tertiary/aromatic N) is 1. The van der Waals surface area contributed by atoms with Crippen molar-refractivity contribution >= 4 is 5.97 Å². The van der Waals surface area contributed by atoms with Gasteiger partial charge in [-0.05, 0) is 25.3 Å².